The quantitative estimate of drug-likeness (QED) is 0.721. The number of hydrogen-bond acceptors (Lipinski definition) is 3. The normalized spacial score (nSPS) is 11.5. The van der Waals surface area contributed by atoms with Crippen molar-refractivity contribution in [1.29, 1.82) is 0 Å². The lowest BCUT2D eigenvalue weighted by Gasteiger charge is -2.12. The van der Waals surface area contributed by atoms with E-state index in [9.17, 15) is 14.0 Å². The van der Waals surface area contributed by atoms with Gasteiger partial charge >= 0.3 is 0 Å². The van der Waals surface area contributed by atoms with Crippen LogP contribution in [0.4, 0.5) is 15.8 Å². The predicted octanol–water partition coefficient (Wildman–Crippen LogP) is 3.40. The average Bonchev–Trinajstić information content (AvgIpc) is 2.62. The number of carbonyl (C=O) groups excluding carboxylic acids is 2. The minimum absolute atomic E-state index is 0.00720. The Balaban J connectivity index is 1.86. The molecular weight excluding hydrogens is 321 g/mol. The zero-order valence-corrected chi connectivity index (χ0v) is 14.3. The lowest BCUT2D eigenvalue weighted by atomic mass is 10.1. The van der Waals surface area contributed by atoms with E-state index in [1.807, 2.05) is 13.8 Å². The van der Waals surface area contributed by atoms with Gasteiger partial charge in [0.05, 0.1) is 12.2 Å². The topological polar surface area (TPSA) is 70.2 Å². The van der Waals surface area contributed by atoms with E-state index in [0.29, 0.717) is 11.3 Å². The zero-order valence-electron chi connectivity index (χ0n) is 14.3. The number of benzene rings is 2. The Morgan fingerprint density at radius 1 is 1.08 bits per heavy atom. The number of anilines is 2. The van der Waals surface area contributed by atoms with E-state index < -0.39 is 5.82 Å². The van der Waals surface area contributed by atoms with Crippen molar-refractivity contribution in [2.24, 2.45) is 0 Å². The van der Waals surface area contributed by atoms with E-state index in [0.717, 1.165) is 6.42 Å². The largest absolute Gasteiger partial charge is 0.376 e. The number of carbonyl (C=O) groups is 2. The molecule has 0 aliphatic carbocycles. The van der Waals surface area contributed by atoms with Crippen LogP contribution in [0.5, 0.6) is 0 Å². The molecule has 0 saturated heterocycles. The van der Waals surface area contributed by atoms with Crippen molar-refractivity contribution >= 4 is 23.2 Å². The minimum atomic E-state index is -0.479. The Labute approximate surface area is 146 Å². The van der Waals surface area contributed by atoms with Gasteiger partial charge in [0.25, 0.3) is 5.91 Å². The van der Waals surface area contributed by atoms with E-state index in [2.05, 4.69) is 16.0 Å². The number of para-hydroxylation sites is 1. The summed E-state index contributed by atoms with van der Waals surface area (Å²) in [6.45, 7) is 3.94. The van der Waals surface area contributed by atoms with Crippen LogP contribution in [0.15, 0.2) is 48.5 Å². The fourth-order valence-electron chi connectivity index (χ4n) is 2.09. The van der Waals surface area contributed by atoms with Crippen LogP contribution in [0, 0.1) is 5.82 Å². The van der Waals surface area contributed by atoms with Gasteiger partial charge in [-0.1, -0.05) is 19.1 Å². The van der Waals surface area contributed by atoms with E-state index in [1.54, 1.807) is 36.4 Å². The molecule has 0 spiro atoms. The van der Waals surface area contributed by atoms with E-state index in [-0.39, 0.29) is 30.1 Å². The number of rotatable bonds is 7. The van der Waals surface area contributed by atoms with E-state index in [4.69, 9.17) is 0 Å². The summed E-state index contributed by atoms with van der Waals surface area (Å²) in [5.41, 5.74) is 1.40. The molecule has 3 N–H and O–H groups in total. The van der Waals surface area contributed by atoms with Crippen molar-refractivity contribution in [2.45, 2.75) is 26.3 Å². The van der Waals surface area contributed by atoms with Gasteiger partial charge in [-0.2, -0.15) is 0 Å². The summed E-state index contributed by atoms with van der Waals surface area (Å²) < 4.78 is 13.5. The van der Waals surface area contributed by atoms with Crippen LogP contribution in [-0.4, -0.2) is 24.4 Å². The summed E-state index contributed by atoms with van der Waals surface area (Å²) in [7, 11) is 0. The van der Waals surface area contributed by atoms with Crippen LogP contribution in [0.1, 0.15) is 30.6 Å². The van der Waals surface area contributed by atoms with Crippen LogP contribution in [-0.2, 0) is 4.79 Å². The van der Waals surface area contributed by atoms with Crippen LogP contribution in [0.3, 0.4) is 0 Å². The highest BCUT2D eigenvalue weighted by atomic mass is 19.1. The Morgan fingerprint density at radius 3 is 2.40 bits per heavy atom. The molecule has 0 aromatic heterocycles. The van der Waals surface area contributed by atoms with E-state index in [1.165, 1.54) is 12.1 Å². The van der Waals surface area contributed by atoms with Crippen molar-refractivity contribution in [1.82, 2.24) is 5.32 Å². The second-order valence-corrected chi connectivity index (χ2v) is 5.74. The molecule has 2 aromatic carbocycles. The van der Waals surface area contributed by atoms with E-state index >= 15 is 0 Å². The van der Waals surface area contributed by atoms with Crippen molar-refractivity contribution in [3.8, 4) is 0 Å². The fourth-order valence-corrected chi connectivity index (χ4v) is 2.09. The maximum absolute atomic E-state index is 13.5. The fraction of sp³-hybridized carbons (Fsp3) is 0.263. The van der Waals surface area contributed by atoms with Gasteiger partial charge in [0.2, 0.25) is 5.91 Å². The Morgan fingerprint density at radius 2 is 1.76 bits per heavy atom. The van der Waals surface area contributed by atoms with Gasteiger partial charge in [-0.05, 0) is 49.7 Å². The predicted molar refractivity (Wildman–Crippen MR) is 97.2 cm³/mol. The Kier molecular flexibility index (Phi) is 6.51. The van der Waals surface area contributed by atoms with Gasteiger partial charge in [-0.3, -0.25) is 9.59 Å². The van der Waals surface area contributed by atoms with Crippen molar-refractivity contribution in [3.05, 3.63) is 59.9 Å². The van der Waals surface area contributed by atoms with Crippen molar-refractivity contribution in [2.75, 3.05) is 17.2 Å². The summed E-state index contributed by atoms with van der Waals surface area (Å²) in [5.74, 6) is -0.964. The standard InChI is InChI=1S/C19H22FN3O2/c1-3-13(2)22-19(25)14-8-10-15(11-9-14)21-12-18(24)23-17-7-5-4-6-16(17)20/h4-11,13,21H,3,12H2,1-2H3,(H,22,25)(H,23,24). The number of halogens is 1. The molecule has 0 fully saturated rings. The maximum atomic E-state index is 13.5. The first-order valence-corrected chi connectivity index (χ1v) is 8.18. The first-order chi connectivity index (χ1) is 12.0. The summed E-state index contributed by atoms with van der Waals surface area (Å²) in [4.78, 5) is 23.9. The van der Waals surface area contributed by atoms with Gasteiger partial charge < -0.3 is 16.0 Å². The molecular formula is C19H22FN3O2. The second kappa shape index (κ2) is 8.82. The summed E-state index contributed by atoms with van der Waals surface area (Å²) >= 11 is 0. The molecule has 0 aliphatic heterocycles. The number of amides is 2. The SMILES string of the molecule is CCC(C)NC(=O)c1ccc(NCC(=O)Nc2ccccc2F)cc1. The Bertz CT molecular complexity index is 732. The first-order valence-electron chi connectivity index (χ1n) is 8.18. The van der Waals surface area contributed by atoms with Crippen LogP contribution < -0.4 is 16.0 Å². The van der Waals surface area contributed by atoms with Crippen LogP contribution >= 0.6 is 0 Å². The highest BCUT2D eigenvalue weighted by molar-refractivity contribution is 5.95. The summed E-state index contributed by atoms with van der Waals surface area (Å²) in [6, 6.07) is 12.9. The minimum Gasteiger partial charge on any atom is -0.376 e. The summed E-state index contributed by atoms with van der Waals surface area (Å²) in [6.07, 6.45) is 0.864. The van der Waals surface area contributed by atoms with Gasteiger partial charge in [-0.15, -0.1) is 0 Å². The van der Waals surface area contributed by atoms with Crippen molar-refractivity contribution < 1.29 is 14.0 Å². The Hall–Kier alpha value is -2.89. The third kappa shape index (κ3) is 5.60. The number of nitrogens with one attached hydrogen (secondary N) is 3. The molecule has 0 saturated carbocycles. The number of hydrogen-bond donors (Lipinski definition) is 3. The molecule has 0 radical (unpaired) electrons. The molecule has 0 heterocycles. The molecule has 0 bridgehead atoms. The molecule has 2 amide bonds. The van der Waals surface area contributed by atoms with Gasteiger partial charge in [0.15, 0.2) is 0 Å². The molecule has 6 heteroatoms. The molecule has 1 unspecified atom stereocenters. The van der Waals surface area contributed by atoms with Gasteiger partial charge in [-0.25, -0.2) is 4.39 Å². The third-order valence-corrected chi connectivity index (χ3v) is 3.74. The van der Waals surface area contributed by atoms with Crippen molar-refractivity contribution in [3.63, 3.8) is 0 Å². The first kappa shape index (κ1) is 18.4. The second-order valence-electron chi connectivity index (χ2n) is 5.74. The van der Waals surface area contributed by atoms with Gasteiger partial charge in [0.1, 0.15) is 5.82 Å². The molecule has 2 aromatic rings. The monoisotopic (exact) mass is 343 g/mol. The summed E-state index contributed by atoms with van der Waals surface area (Å²) in [5, 5.41) is 8.32. The molecule has 2 rings (SSSR count). The lowest BCUT2D eigenvalue weighted by molar-refractivity contribution is -0.114. The zero-order chi connectivity index (χ0) is 18.2. The molecule has 1 atom stereocenters. The molecule has 132 valence electrons. The van der Waals surface area contributed by atoms with Crippen LogP contribution in [0.2, 0.25) is 0 Å². The molecule has 5 nitrogen and oxygen atoms in total. The third-order valence-electron chi connectivity index (χ3n) is 3.74. The van der Waals surface area contributed by atoms with Gasteiger partial charge in [0, 0.05) is 17.3 Å². The average molecular weight is 343 g/mol. The smallest absolute Gasteiger partial charge is 0.251 e. The molecule has 25 heavy (non-hydrogen) atoms. The highest BCUT2D eigenvalue weighted by Crippen LogP contribution is 2.13. The lowest BCUT2D eigenvalue weighted by Crippen LogP contribution is -2.31. The molecule has 0 aliphatic rings. The van der Waals surface area contributed by atoms with Crippen LogP contribution in [0.25, 0.3) is 0 Å². The highest BCUT2D eigenvalue weighted by Gasteiger charge is 2.09. The maximum Gasteiger partial charge on any atom is 0.251 e.